The van der Waals surface area contributed by atoms with Crippen molar-refractivity contribution in [3.8, 4) is 0 Å². The van der Waals surface area contributed by atoms with Gasteiger partial charge in [-0.05, 0) is 50.4 Å². The van der Waals surface area contributed by atoms with Crippen molar-refractivity contribution in [2.45, 2.75) is 38.1 Å². The Morgan fingerprint density at radius 3 is 2.67 bits per heavy atom. The number of hydrogen-bond donors (Lipinski definition) is 1. The van der Waals surface area contributed by atoms with Gasteiger partial charge in [0.2, 0.25) is 5.89 Å². The average molecular weight is 293 g/mol. The predicted molar refractivity (Wildman–Crippen MR) is 72.7 cm³/mol. The number of halogens is 2. The number of benzene rings is 1. The Morgan fingerprint density at radius 1 is 1.24 bits per heavy atom. The molecule has 0 radical (unpaired) electrons. The number of piperidine rings is 1. The number of nitrogens with one attached hydrogen (secondary N) is 1. The fourth-order valence-corrected chi connectivity index (χ4v) is 2.68. The Balaban J connectivity index is 1.78. The van der Waals surface area contributed by atoms with Gasteiger partial charge in [0.25, 0.3) is 0 Å². The second-order valence-corrected chi connectivity index (χ2v) is 5.69. The molecule has 2 heterocycles. The first-order valence-electron chi connectivity index (χ1n) is 7.08. The highest BCUT2D eigenvalue weighted by atomic mass is 19.1. The van der Waals surface area contributed by atoms with Crippen LogP contribution in [0.1, 0.15) is 43.5 Å². The minimum absolute atomic E-state index is 0.244. The van der Waals surface area contributed by atoms with Crippen LogP contribution in [0.3, 0.4) is 0 Å². The van der Waals surface area contributed by atoms with Crippen LogP contribution in [-0.4, -0.2) is 16.7 Å². The van der Waals surface area contributed by atoms with E-state index >= 15 is 0 Å². The molecular weight excluding hydrogens is 276 g/mol. The van der Waals surface area contributed by atoms with Crippen LogP contribution in [0.4, 0.5) is 8.78 Å². The highest BCUT2D eigenvalue weighted by Gasteiger charge is 2.34. The lowest BCUT2D eigenvalue weighted by molar-refractivity contribution is 0.206. The van der Waals surface area contributed by atoms with E-state index in [0.29, 0.717) is 17.3 Å². The zero-order chi connectivity index (χ0) is 14.9. The van der Waals surface area contributed by atoms with Crippen molar-refractivity contribution in [3.05, 3.63) is 47.1 Å². The summed E-state index contributed by atoms with van der Waals surface area (Å²) in [4.78, 5) is 4.38. The SMILES string of the molecule is CC1(c2nc(Cc3cc(F)cc(F)c3)no2)CCCCN1. The highest BCUT2D eigenvalue weighted by Crippen LogP contribution is 2.28. The smallest absolute Gasteiger partial charge is 0.246 e. The molecule has 2 aromatic rings. The maximum Gasteiger partial charge on any atom is 0.246 e. The normalized spacial score (nSPS) is 22.4. The molecule has 112 valence electrons. The van der Waals surface area contributed by atoms with Gasteiger partial charge in [-0.25, -0.2) is 8.78 Å². The third kappa shape index (κ3) is 3.10. The van der Waals surface area contributed by atoms with Crippen LogP contribution in [0.25, 0.3) is 0 Å². The second kappa shape index (κ2) is 5.52. The van der Waals surface area contributed by atoms with Gasteiger partial charge in [0.05, 0.1) is 5.54 Å². The average Bonchev–Trinajstić information content (AvgIpc) is 2.87. The van der Waals surface area contributed by atoms with Crippen molar-refractivity contribution >= 4 is 0 Å². The molecule has 0 spiro atoms. The Bertz CT molecular complexity index is 615. The Hall–Kier alpha value is -1.82. The van der Waals surface area contributed by atoms with Gasteiger partial charge in [-0.2, -0.15) is 4.98 Å². The van der Waals surface area contributed by atoms with Crippen molar-refractivity contribution in [1.29, 1.82) is 0 Å². The van der Waals surface area contributed by atoms with Gasteiger partial charge in [-0.1, -0.05) is 5.16 Å². The summed E-state index contributed by atoms with van der Waals surface area (Å²) in [5, 5.41) is 7.31. The van der Waals surface area contributed by atoms with Crippen molar-refractivity contribution in [2.75, 3.05) is 6.54 Å². The lowest BCUT2D eigenvalue weighted by atomic mass is 9.91. The van der Waals surface area contributed by atoms with E-state index in [1.165, 1.54) is 12.1 Å². The second-order valence-electron chi connectivity index (χ2n) is 5.69. The standard InChI is InChI=1S/C15H17F2N3O/c1-15(4-2-3-5-18-15)14-19-13(20-21-14)8-10-6-11(16)9-12(17)7-10/h6-7,9,18H,2-5,8H2,1H3. The maximum absolute atomic E-state index is 13.2. The zero-order valence-corrected chi connectivity index (χ0v) is 11.8. The number of hydrogen-bond acceptors (Lipinski definition) is 4. The van der Waals surface area contributed by atoms with E-state index in [4.69, 9.17) is 4.52 Å². The Kier molecular flexibility index (Phi) is 3.71. The van der Waals surface area contributed by atoms with E-state index in [2.05, 4.69) is 15.5 Å². The maximum atomic E-state index is 13.2. The fraction of sp³-hybridized carbons (Fsp3) is 0.467. The molecule has 1 unspecified atom stereocenters. The van der Waals surface area contributed by atoms with Gasteiger partial charge < -0.3 is 9.84 Å². The van der Waals surface area contributed by atoms with E-state index in [9.17, 15) is 8.78 Å². The molecule has 1 aliphatic rings. The third-order valence-electron chi connectivity index (χ3n) is 3.84. The number of aromatic nitrogens is 2. The predicted octanol–water partition coefficient (Wildman–Crippen LogP) is 2.93. The molecule has 3 rings (SSSR count). The molecule has 0 bridgehead atoms. The van der Waals surface area contributed by atoms with Crippen LogP contribution in [0.2, 0.25) is 0 Å². The first kappa shape index (κ1) is 14.1. The van der Waals surface area contributed by atoms with E-state index in [1.54, 1.807) is 0 Å². The topological polar surface area (TPSA) is 51.0 Å². The lowest BCUT2D eigenvalue weighted by Gasteiger charge is -2.31. The van der Waals surface area contributed by atoms with Crippen LogP contribution >= 0.6 is 0 Å². The number of rotatable bonds is 3. The molecule has 6 heteroatoms. The van der Waals surface area contributed by atoms with Crippen molar-refractivity contribution in [3.63, 3.8) is 0 Å². The summed E-state index contributed by atoms with van der Waals surface area (Å²) in [6.45, 7) is 2.95. The van der Waals surface area contributed by atoms with E-state index < -0.39 is 11.6 Å². The van der Waals surface area contributed by atoms with Gasteiger partial charge in [0, 0.05) is 12.5 Å². The molecule has 1 atom stereocenters. The summed E-state index contributed by atoms with van der Waals surface area (Å²) in [7, 11) is 0. The molecule has 1 aliphatic heterocycles. The fourth-order valence-electron chi connectivity index (χ4n) is 2.68. The summed E-state index contributed by atoms with van der Waals surface area (Å²) < 4.78 is 31.7. The van der Waals surface area contributed by atoms with Crippen LogP contribution in [0.5, 0.6) is 0 Å². The van der Waals surface area contributed by atoms with E-state index in [-0.39, 0.29) is 12.0 Å². The Labute approximate surface area is 121 Å². The molecule has 1 fully saturated rings. The van der Waals surface area contributed by atoms with Gasteiger partial charge >= 0.3 is 0 Å². The van der Waals surface area contributed by atoms with Crippen LogP contribution in [0.15, 0.2) is 22.7 Å². The minimum atomic E-state index is -0.602. The molecule has 1 saturated heterocycles. The van der Waals surface area contributed by atoms with Gasteiger partial charge in [-0.3, -0.25) is 0 Å². The van der Waals surface area contributed by atoms with E-state index in [0.717, 1.165) is 31.9 Å². The van der Waals surface area contributed by atoms with Crippen LogP contribution in [0, 0.1) is 11.6 Å². The molecule has 21 heavy (non-hydrogen) atoms. The monoisotopic (exact) mass is 293 g/mol. The lowest BCUT2D eigenvalue weighted by Crippen LogP contribution is -2.43. The largest absolute Gasteiger partial charge is 0.337 e. The van der Waals surface area contributed by atoms with Crippen molar-refractivity contribution in [1.82, 2.24) is 15.5 Å². The molecule has 4 nitrogen and oxygen atoms in total. The summed E-state index contributed by atoms with van der Waals surface area (Å²) >= 11 is 0. The minimum Gasteiger partial charge on any atom is -0.337 e. The third-order valence-corrected chi connectivity index (χ3v) is 3.84. The first-order chi connectivity index (χ1) is 10.0. The molecule has 0 aliphatic carbocycles. The van der Waals surface area contributed by atoms with Gasteiger partial charge in [0.1, 0.15) is 11.6 Å². The van der Waals surface area contributed by atoms with Crippen LogP contribution in [-0.2, 0) is 12.0 Å². The van der Waals surface area contributed by atoms with Crippen LogP contribution < -0.4 is 5.32 Å². The first-order valence-corrected chi connectivity index (χ1v) is 7.08. The summed E-state index contributed by atoms with van der Waals surface area (Å²) in [5.41, 5.74) is 0.179. The highest BCUT2D eigenvalue weighted by molar-refractivity contribution is 5.21. The zero-order valence-electron chi connectivity index (χ0n) is 11.8. The molecule has 1 N–H and O–H groups in total. The summed E-state index contributed by atoms with van der Waals surface area (Å²) in [6, 6.07) is 3.40. The number of nitrogens with zero attached hydrogens (tertiary/aromatic N) is 2. The molecule has 1 aromatic heterocycles. The molecule has 0 saturated carbocycles. The van der Waals surface area contributed by atoms with Crippen molar-refractivity contribution < 1.29 is 13.3 Å². The molecule has 0 amide bonds. The van der Waals surface area contributed by atoms with E-state index in [1.807, 2.05) is 6.92 Å². The van der Waals surface area contributed by atoms with Crippen molar-refractivity contribution in [2.24, 2.45) is 0 Å². The Morgan fingerprint density at radius 2 is 2.00 bits per heavy atom. The molecule has 1 aromatic carbocycles. The summed E-state index contributed by atoms with van der Waals surface area (Å²) in [5.74, 6) is -0.234. The quantitative estimate of drug-likeness (QED) is 0.945. The van der Waals surface area contributed by atoms with Gasteiger partial charge in [-0.15, -0.1) is 0 Å². The summed E-state index contributed by atoms with van der Waals surface area (Å²) in [6.07, 6.45) is 3.42. The van der Waals surface area contributed by atoms with Gasteiger partial charge in [0.15, 0.2) is 5.82 Å². The molecular formula is C15H17F2N3O.